The van der Waals surface area contributed by atoms with Crippen LogP contribution in [0.3, 0.4) is 0 Å². The predicted molar refractivity (Wildman–Crippen MR) is 67.0 cm³/mol. The van der Waals surface area contributed by atoms with Crippen LogP contribution in [0.4, 0.5) is 5.82 Å². The van der Waals surface area contributed by atoms with E-state index in [1.54, 1.807) is 0 Å². The van der Waals surface area contributed by atoms with E-state index >= 15 is 0 Å². The van der Waals surface area contributed by atoms with Gasteiger partial charge in [-0.15, -0.1) is 0 Å². The van der Waals surface area contributed by atoms with E-state index in [4.69, 9.17) is 10.5 Å². The van der Waals surface area contributed by atoms with Gasteiger partial charge in [0, 0.05) is 0 Å². The maximum Gasteiger partial charge on any atom is 0.237 e. The first kappa shape index (κ1) is 11.4. The van der Waals surface area contributed by atoms with Crippen LogP contribution in [0, 0.1) is 0 Å². The van der Waals surface area contributed by atoms with Crippen LogP contribution in [0.25, 0.3) is 0 Å². The second-order valence-electron chi connectivity index (χ2n) is 4.07. The van der Waals surface area contributed by atoms with Gasteiger partial charge in [-0.3, -0.25) is 0 Å². The summed E-state index contributed by atoms with van der Waals surface area (Å²) in [6.07, 6.45) is 3.00. The average molecular weight is 229 g/mol. The normalized spacial score (nSPS) is 10.5. The minimum atomic E-state index is 0.384. The van der Waals surface area contributed by atoms with Gasteiger partial charge >= 0.3 is 0 Å². The molecule has 88 valence electrons. The first-order valence-electron chi connectivity index (χ1n) is 5.51. The third-order valence-electron chi connectivity index (χ3n) is 2.40. The van der Waals surface area contributed by atoms with E-state index in [2.05, 4.69) is 23.8 Å². The van der Waals surface area contributed by atoms with E-state index in [1.165, 1.54) is 12.4 Å². The van der Waals surface area contributed by atoms with Crippen molar-refractivity contribution in [1.82, 2.24) is 9.97 Å². The summed E-state index contributed by atoms with van der Waals surface area (Å²) in [7, 11) is 0. The molecule has 0 fully saturated rings. The zero-order chi connectivity index (χ0) is 12.3. The molecule has 2 rings (SSSR count). The molecule has 17 heavy (non-hydrogen) atoms. The number of aromatic nitrogens is 2. The van der Waals surface area contributed by atoms with Gasteiger partial charge in [0.15, 0.2) is 0 Å². The lowest BCUT2D eigenvalue weighted by atomic mass is 10.0. The largest absolute Gasteiger partial charge is 0.437 e. The van der Waals surface area contributed by atoms with Crippen molar-refractivity contribution in [1.29, 1.82) is 0 Å². The Morgan fingerprint density at radius 3 is 2.53 bits per heavy atom. The predicted octanol–water partition coefficient (Wildman–Crippen LogP) is 2.97. The Labute approximate surface area is 100 Å². The van der Waals surface area contributed by atoms with E-state index < -0.39 is 0 Å². The van der Waals surface area contributed by atoms with E-state index in [-0.39, 0.29) is 0 Å². The van der Waals surface area contributed by atoms with Crippen LogP contribution in [0.2, 0.25) is 0 Å². The first-order chi connectivity index (χ1) is 8.16. The van der Waals surface area contributed by atoms with Gasteiger partial charge in [0.1, 0.15) is 11.6 Å². The number of nitrogens with zero attached hydrogens (tertiary/aromatic N) is 2. The van der Waals surface area contributed by atoms with Crippen LogP contribution in [-0.4, -0.2) is 9.97 Å². The molecule has 1 aromatic carbocycles. The van der Waals surface area contributed by atoms with Crippen LogP contribution in [-0.2, 0) is 0 Å². The van der Waals surface area contributed by atoms with Crippen LogP contribution in [0.15, 0.2) is 36.7 Å². The molecule has 0 amide bonds. The molecule has 0 saturated carbocycles. The highest BCUT2D eigenvalue weighted by molar-refractivity contribution is 5.38. The van der Waals surface area contributed by atoms with Gasteiger partial charge in [0.25, 0.3) is 0 Å². The van der Waals surface area contributed by atoms with Crippen molar-refractivity contribution in [3.8, 4) is 11.6 Å². The maximum atomic E-state index is 5.70. The Balaban J connectivity index is 2.26. The summed E-state index contributed by atoms with van der Waals surface area (Å²) in [6.45, 7) is 4.24. The average Bonchev–Trinajstić information content (AvgIpc) is 2.32. The van der Waals surface area contributed by atoms with Gasteiger partial charge in [-0.1, -0.05) is 32.0 Å². The second-order valence-corrected chi connectivity index (χ2v) is 4.07. The van der Waals surface area contributed by atoms with Crippen molar-refractivity contribution >= 4 is 5.82 Å². The summed E-state index contributed by atoms with van der Waals surface area (Å²) in [5.41, 5.74) is 6.61. The number of anilines is 1. The lowest BCUT2D eigenvalue weighted by Gasteiger charge is -2.12. The minimum Gasteiger partial charge on any atom is -0.437 e. The summed E-state index contributed by atoms with van der Waals surface area (Å²) in [5, 5.41) is 0. The Hall–Kier alpha value is -2.10. The summed E-state index contributed by atoms with van der Waals surface area (Å²) in [6, 6.07) is 7.90. The Kier molecular flexibility index (Phi) is 3.23. The topological polar surface area (TPSA) is 61.0 Å². The number of para-hydroxylation sites is 1. The van der Waals surface area contributed by atoms with E-state index in [0.717, 1.165) is 11.3 Å². The number of hydrogen-bond acceptors (Lipinski definition) is 4. The Morgan fingerprint density at radius 1 is 1.12 bits per heavy atom. The molecule has 4 nitrogen and oxygen atoms in total. The molecule has 2 N–H and O–H groups in total. The first-order valence-corrected chi connectivity index (χ1v) is 5.51. The van der Waals surface area contributed by atoms with E-state index in [9.17, 15) is 0 Å². The lowest BCUT2D eigenvalue weighted by Crippen LogP contribution is -1.97. The number of rotatable bonds is 3. The molecule has 0 aliphatic heterocycles. The molecule has 0 spiro atoms. The Bertz CT molecular complexity index is 494. The van der Waals surface area contributed by atoms with Crippen molar-refractivity contribution in [2.24, 2.45) is 0 Å². The van der Waals surface area contributed by atoms with Crippen molar-refractivity contribution < 1.29 is 4.74 Å². The molecule has 2 aromatic rings. The molecule has 4 heteroatoms. The Morgan fingerprint density at radius 2 is 1.88 bits per heavy atom. The fraction of sp³-hybridized carbons (Fsp3) is 0.231. The molecule has 1 heterocycles. The third-order valence-corrected chi connectivity index (χ3v) is 2.40. The summed E-state index contributed by atoms with van der Waals surface area (Å²) in [5.74, 6) is 2.04. The molecule has 0 aliphatic carbocycles. The SMILES string of the molecule is CC(C)c1ccccc1Oc1cnc(N)cn1. The molecule has 0 unspecified atom stereocenters. The number of benzene rings is 1. The number of hydrogen-bond donors (Lipinski definition) is 1. The highest BCUT2D eigenvalue weighted by Gasteiger charge is 2.08. The van der Waals surface area contributed by atoms with Crippen LogP contribution in [0.5, 0.6) is 11.6 Å². The van der Waals surface area contributed by atoms with Gasteiger partial charge < -0.3 is 10.5 Å². The van der Waals surface area contributed by atoms with E-state index in [0.29, 0.717) is 17.6 Å². The molecule has 0 bridgehead atoms. The van der Waals surface area contributed by atoms with Crippen molar-refractivity contribution in [3.63, 3.8) is 0 Å². The van der Waals surface area contributed by atoms with Gasteiger partial charge in [-0.05, 0) is 17.5 Å². The third kappa shape index (κ3) is 2.72. The number of nitrogens with two attached hydrogens (primary N) is 1. The highest BCUT2D eigenvalue weighted by atomic mass is 16.5. The molecule has 1 aromatic heterocycles. The monoisotopic (exact) mass is 229 g/mol. The van der Waals surface area contributed by atoms with Crippen molar-refractivity contribution in [2.45, 2.75) is 19.8 Å². The fourth-order valence-corrected chi connectivity index (χ4v) is 1.54. The van der Waals surface area contributed by atoms with E-state index in [1.807, 2.05) is 24.3 Å². The smallest absolute Gasteiger partial charge is 0.237 e. The zero-order valence-corrected chi connectivity index (χ0v) is 9.92. The summed E-state index contributed by atoms with van der Waals surface area (Å²) >= 11 is 0. The quantitative estimate of drug-likeness (QED) is 0.878. The standard InChI is InChI=1S/C13H15N3O/c1-9(2)10-5-3-4-6-11(10)17-13-8-15-12(14)7-16-13/h3-9H,1-2H3,(H2,14,15). The minimum absolute atomic E-state index is 0.384. The van der Waals surface area contributed by atoms with Gasteiger partial charge in [0.2, 0.25) is 5.88 Å². The van der Waals surface area contributed by atoms with Gasteiger partial charge in [-0.25, -0.2) is 9.97 Å². The van der Waals surface area contributed by atoms with Crippen molar-refractivity contribution in [2.75, 3.05) is 5.73 Å². The number of ether oxygens (including phenoxy) is 1. The van der Waals surface area contributed by atoms with Gasteiger partial charge in [0.05, 0.1) is 12.4 Å². The zero-order valence-electron chi connectivity index (χ0n) is 9.92. The van der Waals surface area contributed by atoms with Crippen LogP contribution >= 0.6 is 0 Å². The highest BCUT2D eigenvalue weighted by Crippen LogP contribution is 2.29. The van der Waals surface area contributed by atoms with Crippen molar-refractivity contribution in [3.05, 3.63) is 42.2 Å². The molecule has 0 atom stereocenters. The maximum absolute atomic E-state index is 5.70. The fourth-order valence-electron chi connectivity index (χ4n) is 1.54. The van der Waals surface area contributed by atoms with Crippen LogP contribution < -0.4 is 10.5 Å². The molecular formula is C13H15N3O. The molecule has 0 radical (unpaired) electrons. The summed E-state index contributed by atoms with van der Waals surface area (Å²) in [4.78, 5) is 8.00. The number of nitrogen functional groups attached to an aromatic ring is 1. The van der Waals surface area contributed by atoms with Crippen LogP contribution in [0.1, 0.15) is 25.3 Å². The second kappa shape index (κ2) is 4.82. The molecular weight excluding hydrogens is 214 g/mol. The summed E-state index contributed by atoms with van der Waals surface area (Å²) < 4.78 is 5.70. The molecule has 0 aliphatic rings. The lowest BCUT2D eigenvalue weighted by molar-refractivity contribution is 0.452. The molecule has 0 saturated heterocycles. The van der Waals surface area contributed by atoms with Gasteiger partial charge in [-0.2, -0.15) is 0 Å².